The van der Waals surface area contributed by atoms with E-state index < -0.39 is 6.04 Å². The Labute approximate surface area is 119 Å². The zero-order chi connectivity index (χ0) is 14.4. The van der Waals surface area contributed by atoms with Gasteiger partial charge in [0.05, 0.1) is 6.04 Å². The van der Waals surface area contributed by atoms with Gasteiger partial charge in [0.1, 0.15) is 0 Å². The SMILES string of the molecule is CCC[C@@H](N)C(=O)Nc1ccc(-c2ccccc2)cc1. The van der Waals surface area contributed by atoms with Crippen LogP contribution in [-0.2, 0) is 4.79 Å². The van der Waals surface area contributed by atoms with Gasteiger partial charge in [-0.15, -0.1) is 0 Å². The van der Waals surface area contributed by atoms with Crippen molar-refractivity contribution in [2.75, 3.05) is 5.32 Å². The summed E-state index contributed by atoms with van der Waals surface area (Å²) < 4.78 is 0. The van der Waals surface area contributed by atoms with Gasteiger partial charge in [0.25, 0.3) is 0 Å². The number of nitrogens with two attached hydrogens (primary N) is 1. The number of benzene rings is 2. The van der Waals surface area contributed by atoms with E-state index >= 15 is 0 Å². The zero-order valence-corrected chi connectivity index (χ0v) is 11.7. The van der Waals surface area contributed by atoms with Crippen LogP contribution in [0.5, 0.6) is 0 Å². The van der Waals surface area contributed by atoms with E-state index in [0.29, 0.717) is 6.42 Å². The van der Waals surface area contributed by atoms with Crippen molar-refractivity contribution in [3.8, 4) is 11.1 Å². The Morgan fingerprint density at radius 2 is 1.65 bits per heavy atom. The molecule has 0 aromatic heterocycles. The molecule has 0 saturated carbocycles. The van der Waals surface area contributed by atoms with Gasteiger partial charge in [-0.05, 0) is 29.7 Å². The van der Waals surface area contributed by atoms with Gasteiger partial charge in [0, 0.05) is 5.69 Å². The molecule has 0 bridgehead atoms. The van der Waals surface area contributed by atoms with Crippen molar-refractivity contribution in [3.63, 3.8) is 0 Å². The summed E-state index contributed by atoms with van der Waals surface area (Å²) in [6, 6.07) is 17.5. The number of hydrogen-bond acceptors (Lipinski definition) is 2. The van der Waals surface area contributed by atoms with Crippen LogP contribution < -0.4 is 11.1 Å². The van der Waals surface area contributed by atoms with Crippen molar-refractivity contribution in [1.82, 2.24) is 0 Å². The highest BCUT2D eigenvalue weighted by Crippen LogP contribution is 2.21. The summed E-state index contributed by atoms with van der Waals surface area (Å²) in [6.07, 6.45) is 1.61. The van der Waals surface area contributed by atoms with E-state index in [0.717, 1.165) is 23.2 Å². The number of carbonyl (C=O) groups excluding carboxylic acids is 1. The van der Waals surface area contributed by atoms with Gasteiger partial charge >= 0.3 is 0 Å². The molecule has 0 fully saturated rings. The lowest BCUT2D eigenvalue weighted by Crippen LogP contribution is -2.35. The maximum absolute atomic E-state index is 11.8. The minimum atomic E-state index is -0.436. The summed E-state index contributed by atoms with van der Waals surface area (Å²) in [6.45, 7) is 2.02. The second-order valence-electron chi connectivity index (χ2n) is 4.83. The molecule has 3 heteroatoms. The number of nitrogens with one attached hydrogen (secondary N) is 1. The molecule has 2 aromatic carbocycles. The molecule has 0 aliphatic carbocycles. The van der Waals surface area contributed by atoms with Crippen LogP contribution in [0.1, 0.15) is 19.8 Å². The smallest absolute Gasteiger partial charge is 0.241 e. The molecule has 0 saturated heterocycles. The third-order valence-corrected chi connectivity index (χ3v) is 3.20. The monoisotopic (exact) mass is 268 g/mol. The number of carbonyl (C=O) groups is 1. The Bertz CT molecular complexity index is 549. The van der Waals surface area contributed by atoms with Gasteiger partial charge in [-0.2, -0.15) is 0 Å². The molecule has 0 heterocycles. The van der Waals surface area contributed by atoms with Crippen molar-refractivity contribution in [2.24, 2.45) is 5.73 Å². The molecule has 20 heavy (non-hydrogen) atoms. The van der Waals surface area contributed by atoms with Crippen LogP contribution in [0.15, 0.2) is 54.6 Å². The first-order valence-electron chi connectivity index (χ1n) is 6.92. The number of anilines is 1. The molecule has 0 aliphatic rings. The van der Waals surface area contributed by atoms with E-state index in [4.69, 9.17) is 5.73 Å². The highest BCUT2D eigenvalue weighted by Gasteiger charge is 2.12. The van der Waals surface area contributed by atoms with Crippen LogP contribution in [0.3, 0.4) is 0 Å². The number of rotatable bonds is 5. The van der Waals surface area contributed by atoms with Gasteiger partial charge in [-0.1, -0.05) is 55.8 Å². The predicted molar refractivity (Wildman–Crippen MR) is 83.4 cm³/mol. The molecule has 0 spiro atoms. The van der Waals surface area contributed by atoms with E-state index in [9.17, 15) is 4.79 Å². The Hall–Kier alpha value is -2.13. The summed E-state index contributed by atoms with van der Waals surface area (Å²) >= 11 is 0. The van der Waals surface area contributed by atoms with Gasteiger partial charge in [-0.25, -0.2) is 0 Å². The van der Waals surface area contributed by atoms with Crippen LogP contribution in [0.4, 0.5) is 5.69 Å². The fourth-order valence-corrected chi connectivity index (χ4v) is 2.05. The molecule has 0 aliphatic heterocycles. The molecule has 3 nitrogen and oxygen atoms in total. The quantitative estimate of drug-likeness (QED) is 0.873. The van der Waals surface area contributed by atoms with Crippen molar-refractivity contribution < 1.29 is 4.79 Å². The Kier molecular flexibility index (Phi) is 4.91. The van der Waals surface area contributed by atoms with Crippen molar-refractivity contribution in [3.05, 3.63) is 54.6 Å². The molecule has 3 N–H and O–H groups in total. The maximum Gasteiger partial charge on any atom is 0.241 e. The molecule has 2 aromatic rings. The van der Waals surface area contributed by atoms with Gasteiger partial charge in [0.15, 0.2) is 0 Å². The maximum atomic E-state index is 11.8. The van der Waals surface area contributed by atoms with Crippen molar-refractivity contribution >= 4 is 11.6 Å². The number of amides is 1. The first-order valence-corrected chi connectivity index (χ1v) is 6.92. The van der Waals surface area contributed by atoms with Crippen molar-refractivity contribution in [2.45, 2.75) is 25.8 Å². The standard InChI is InChI=1S/C17H20N2O/c1-2-6-16(18)17(20)19-15-11-9-14(10-12-15)13-7-4-3-5-8-13/h3-5,7-12,16H,2,6,18H2,1H3,(H,19,20)/t16-/m1/s1. The van der Waals surface area contributed by atoms with E-state index in [1.165, 1.54) is 0 Å². The average molecular weight is 268 g/mol. The third kappa shape index (κ3) is 3.68. The summed E-state index contributed by atoms with van der Waals surface area (Å²) in [5.41, 5.74) is 8.85. The molecular formula is C17H20N2O. The highest BCUT2D eigenvalue weighted by atomic mass is 16.2. The van der Waals surface area contributed by atoms with Crippen LogP contribution in [0.25, 0.3) is 11.1 Å². The predicted octanol–water partition coefficient (Wildman–Crippen LogP) is 3.42. The minimum absolute atomic E-state index is 0.126. The normalized spacial score (nSPS) is 11.9. The summed E-state index contributed by atoms with van der Waals surface area (Å²) in [5, 5.41) is 2.84. The fraction of sp³-hybridized carbons (Fsp3) is 0.235. The molecule has 0 radical (unpaired) electrons. The fourth-order valence-electron chi connectivity index (χ4n) is 2.05. The molecule has 1 atom stereocenters. The van der Waals surface area contributed by atoms with Crippen molar-refractivity contribution in [1.29, 1.82) is 0 Å². The minimum Gasteiger partial charge on any atom is -0.325 e. The van der Waals surface area contributed by atoms with Crippen LogP contribution in [0.2, 0.25) is 0 Å². The van der Waals surface area contributed by atoms with E-state index in [2.05, 4.69) is 17.4 Å². The van der Waals surface area contributed by atoms with Crippen LogP contribution >= 0.6 is 0 Å². The second kappa shape index (κ2) is 6.87. The lowest BCUT2D eigenvalue weighted by atomic mass is 10.1. The summed E-state index contributed by atoms with van der Waals surface area (Å²) in [4.78, 5) is 11.8. The number of hydrogen-bond donors (Lipinski definition) is 2. The van der Waals surface area contributed by atoms with E-state index in [-0.39, 0.29) is 5.91 Å². The molecule has 0 unspecified atom stereocenters. The molecule has 2 rings (SSSR count). The summed E-state index contributed by atoms with van der Waals surface area (Å²) in [5.74, 6) is -0.126. The Balaban J connectivity index is 2.04. The lowest BCUT2D eigenvalue weighted by Gasteiger charge is -2.11. The highest BCUT2D eigenvalue weighted by molar-refractivity contribution is 5.94. The molecular weight excluding hydrogens is 248 g/mol. The second-order valence-corrected chi connectivity index (χ2v) is 4.83. The third-order valence-electron chi connectivity index (χ3n) is 3.20. The van der Waals surface area contributed by atoms with Gasteiger partial charge in [-0.3, -0.25) is 4.79 Å². The first kappa shape index (κ1) is 14.3. The first-order chi connectivity index (χ1) is 9.70. The topological polar surface area (TPSA) is 55.1 Å². The Morgan fingerprint density at radius 3 is 2.25 bits per heavy atom. The summed E-state index contributed by atoms with van der Waals surface area (Å²) in [7, 11) is 0. The molecule has 104 valence electrons. The molecule has 1 amide bonds. The van der Waals surface area contributed by atoms with Crippen LogP contribution in [0, 0.1) is 0 Å². The van der Waals surface area contributed by atoms with Gasteiger partial charge < -0.3 is 11.1 Å². The largest absolute Gasteiger partial charge is 0.325 e. The lowest BCUT2D eigenvalue weighted by molar-refractivity contribution is -0.117. The Morgan fingerprint density at radius 1 is 1.05 bits per heavy atom. The van der Waals surface area contributed by atoms with E-state index in [1.54, 1.807) is 0 Å². The van der Waals surface area contributed by atoms with Crippen LogP contribution in [-0.4, -0.2) is 11.9 Å². The average Bonchev–Trinajstić information content (AvgIpc) is 2.49. The van der Waals surface area contributed by atoms with E-state index in [1.807, 2.05) is 49.4 Å². The zero-order valence-electron chi connectivity index (χ0n) is 11.7. The van der Waals surface area contributed by atoms with Gasteiger partial charge in [0.2, 0.25) is 5.91 Å².